The van der Waals surface area contributed by atoms with Crippen molar-refractivity contribution in [2.45, 2.75) is 19.4 Å². The fraction of sp³-hybridized carbons (Fsp3) is 0.333. The van der Waals surface area contributed by atoms with Crippen molar-refractivity contribution < 1.29 is 9.53 Å². The maximum absolute atomic E-state index is 12.1. The van der Waals surface area contributed by atoms with Crippen LogP contribution in [0.1, 0.15) is 13.3 Å². The molecular formula is C15H17N3O2S. The Morgan fingerprint density at radius 2 is 2.38 bits per heavy atom. The molecule has 1 aromatic heterocycles. The van der Waals surface area contributed by atoms with Gasteiger partial charge in [-0.1, -0.05) is 19.1 Å². The summed E-state index contributed by atoms with van der Waals surface area (Å²) in [6.07, 6.45) is 0.550. The van der Waals surface area contributed by atoms with Crippen molar-refractivity contribution in [2.24, 2.45) is 5.92 Å². The fourth-order valence-electron chi connectivity index (χ4n) is 2.37. The predicted octanol–water partition coefficient (Wildman–Crippen LogP) is 2.76. The predicted molar refractivity (Wildman–Crippen MR) is 84.1 cm³/mol. The Hall–Kier alpha value is -1.92. The van der Waals surface area contributed by atoms with Crippen molar-refractivity contribution in [1.82, 2.24) is 4.98 Å². The van der Waals surface area contributed by atoms with Gasteiger partial charge in [-0.05, 0) is 24.5 Å². The van der Waals surface area contributed by atoms with E-state index in [2.05, 4.69) is 10.3 Å². The minimum atomic E-state index is -0.371. The minimum Gasteiger partial charge on any atom is -0.399 e. The van der Waals surface area contributed by atoms with E-state index >= 15 is 0 Å². The van der Waals surface area contributed by atoms with E-state index in [-0.39, 0.29) is 17.9 Å². The Labute approximate surface area is 127 Å². The Morgan fingerprint density at radius 1 is 1.52 bits per heavy atom. The second kappa shape index (κ2) is 5.83. The molecule has 2 atom stereocenters. The van der Waals surface area contributed by atoms with E-state index in [9.17, 15) is 4.79 Å². The van der Waals surface area contributed by atoms with Gasteiger partial charge in [-0.15, -0.1) is 11.3 Å². The zero-order valence-electron chi connectivity index (χ0n) is 11.7. The molecule has 0 bridgehead atoms. The largest absolute Gasteiger partial charge is 0.399 e. The summed E-state index contributed by atoms with van der Waals surface area (Å²) in [5.41, 5.74) is 8.21. The van der Waals surface area contributed by atoms with Crippen LogP contribution in [0.3, 0.4) is 0 Å². The monoisotopic (exact) mass is 303 g/mol. The van der Waals surface area contributed by atoms with Crippen LogP contribution in [0.5, 0.6) is 0 Å². The van der Waals surface area contributed by atoms with Gasteiger partial charge in [0.1, 0.15) is 6.10 Å². The molecule has 0 spiro atoms. The summed E-state index contributed by atoms with van der Waals surface area (Å²) in [6, 6.07) is 7.52. The number of benzene rings is 1. The number of aromatic nitrogens is 1. The molecule has 1 amide bonds. The summed E-state index contributed by atoms with van der Waals surface area (Å²) in [4.78, 5) is 16.6. The number of hydrogen-bond acceptors (Lipinski definition) is 5. The number of rotatable bonds is 3. The van der Waals surface area contributed by atoms with Crippen LogP contribution in [0.4, 0.5) is 10.8 Å². The van der Waals surface area contributed by atoms with Crippen LogP contribution in [-0.2, 0) is 9.53 Å². The van der Waals surface area contributed by atoms with Gasteiger partial charge in [-0.3, -0.25) is 10.1 Å². The third-order valence-corrected chi connectivity index (χ3v) is 4.32. The van der Waals surface area contributed by atoms with E-state index in [1.54, 1.807) is 0 Å². The van der Waals surface area contributed by atoms with Crippen LogP contribution in [0, 0.1) is 5.92 Å². The maximum Gasteiger partial charge on any atom is 0.255 e. The first-order valence-corrected chi connectivity index (χ1v) is 7.75. The molecule has 0 saturated carbocycles. The number of amides is 1. The van der Waals surface area contributed by atoms with Crippen molar-refractivity contribution in [3.8, 4) is 11.3 Å². The Bertz CT molecular complexity index is 656. The van der Waals surface area contributed by atoms with Crippen molar-refractivity contribution in [2.75, 3.05) is 17.7 Å². The molecule has 2 heterocycles. The highest BCUT2D eigenvalue weighted by Crippen LogP contribution is 2.27. The van der Waals surface area contributed by atoms with Gasteiger partial charge >= 0.3 is 0 Å². The number of carbonyl (C=O) groups excluding carboxylic acids is 1. The molecule has 0 aliphatic carbocycles. The summed E-state index contributed by atoms with van der Waals surface area (Å²) < 4.78 is 5.45. The average Bonchev–Trinajstić information content (AvgIpc) is 3.08. The summed E-state index contributed by atoms with van der Waals surface area (Å²) in [7, 11) is 0. The molecule has 2 unspecified atom stereocenters. The molecule has 110 valence electrons. The van der Waals surface area contributed by atoms with Gasteiger partial charge < -0.3 is 10.5 Å². The quantitative estimate of drug-likeness (QED) is 0.855. The van der Waals surface area contributed by atoms with E-state index in [1.807, 2.05) is 36.6 Å². The van der Waals surface area contributed by atoms with Gasteiger partial charge in [0.25, 0.3) is 5.91 Å². The lowest BCUT2D eigenvalue weighted by Gasteiger charge is -2.12. The van der Waals surface area contributed by atoms with Gasteiger partial charge in [0.2, 0.25) is 0 Å². The Morgan fingerprint density at radius 3 is 3.10 bits per heavy atom. The topological polar surface area (TPSA) is 77.2 Å². The van der Waals surface area contributed by atoms with Gasteiger partial charge in [-0.2, -0.15) is 0 Å². The highest BCUT2D eigenvalue weighted by Gasteiger charge is 2.31. The van der Waals surface area contributed by atoms with Crippen LogP contribution in [0.25, 0.3) is 11.3 Å². The lowest BCUT2D eigenvalue weighted by molar-refractivity contribution is -0.126. The van der Waals surface area contributed by atoms with E-state index in [0.717, 1.165) is 17.7 Å². The first-order chi connectivity index (χ1) is 10.1. The smallest absolute Gasteiger partial charge is 0.255 e. The van der Waals surface area contributed by atoms with Crippen LogP contribution >= 0.6 is 11.3 Å². The van der Waals surface area contributed by atoms with Crippen molar-refractivity contribution in [3.05, 3.63) is 29.6 Å². The number of thiazole rings is 1. The second-order valence-electron chi connectivity index (χ2n) is 5.21. The number of nitrogen functional groups attached to an aromatic ring is 1. The summed E-state index contributed by atoms with van der Waals surface area (Å²) in [5.74, 6) is 0.131. The first-order valence-electron chi connectivity index (χ1n) is 6.87. The second-order valence-corrected chi connectivity index (χ2v) is 6.07. The number of carbonyl (C=O) groups is 1. The first kappa shape index (κ1) is 14.0. The van der Waals surface area contributed by atoms with Gasteiger partial charge in [0.15, 0.2) is 5.13 Å². The van der Waals surface area contributed by atoms with Gasteiger partial charge in [0.05, 0.1) is 5.69 Å². The molecule has 5 nitrogen and oxygen atoms in total. The molecule has 1 aliphatic heterocycles. The van der Waals surface area contributed by atoms with E-state index in [0.29, 0.717) is 17.4 Å². The number of nitrogens with one attached hydrogen (secondary N) is 1. The molecule has 1 aliphatic rings. The zero-order chi connectivity index (χ0) is 14.8. The van der Waals surface area contributed by atoms with Crippen molar-refractivity contribution in [3.63, 3.8) is 0 Å². The number of hydrogen-bond donors (Lipinski definition) is 2. The molecule has 3 rings (SSSR count). The maximum atomic E-state index is 12.1. The van der Waals surface area contributed by atoms with E-state index in [4.69, 9.17) is 10.5 Å². The summed E-state index contributed by atoms with van der Waals surface area (Å²) in [5, 5.41) is 5.32. The number of nitrogens with zero attached hydrogens (tertiary/aromatic N) is 1. The zero-order valence-corrected chi connectivity index (χ0v) is 12.5. The minimum absolute atomic E-state index is 0.117. The molecule has 21 heavy (non-hydrogen) atoms. The molecule has 6 heteroatoms. The standard InChI is InChI=1S/C15H17N3O2S/c1-9-5-6-20-13(9)14(19)18-15-17-12(8-21-15)10-3-2-4-11(16)7-10/h2-4,7-9,13H,5-6,16H2,1H3,(H,17,18,19). The third-order valence-electron chi connectivity index (χ3n) is 3.56. The highest BCUT2D eigenvalue weighted by molar-refractivity contribution is 7.14. The van der Waals surface area contributed by atoms with Gasteiger partial charge in [0, 0.05) is 23.2 Å². The lowest BCUT2D eigenvalue weighted by atomic mass is 10.0. The van der Waals surface area contributed by atoms with Crippen LogP contribution in [0.2, 0.25) is 0 Å². The molecule has 1 saturated heterocycles. The molecule has 3 N–H and O–H groups in total. The summed E-state index contributed by atoms with van der Waals surface area (Å²) in [6.45, 7) is 2.67. The number of anilines is 2. The Balaban J connectivity index is 1.72. The third kappa shape index (κ3) is 3.06. The molecule has 1 aromatic carbocycles. The molecule has 1 fully saturated rings. The van der Waals surface area contributed by atoms with Crippen molar-refractivity contribution in [1.29, 1.82) is 0 Å². The molecule has 2 aromatic rings. The Kier molecular flexibility index (Phi) is 3.90. The van der Waals surface area contributed by atoms with Gasteiger partial charge in [-0.25, -0.2) is 4.98 Å². The van der Waals surface area contributed by atoms with Crippen LogP contribution in [0.15, 0.2) is 29.6 Å². The highest BCUT2D eigenvalue weighted by atomic mass is 32.1. The molecular weight excluding hydrogens is 286 g/mol. The fourth-order valence-corrected chi connectivity index (χ4v) is 3.09. The summed E-state index contributed by atoms with van der Waals surface area (Å²) >= 11 is 1.40. The number of nitrogens with two attached hydrogens (primary N) is 1. The molecule has 0 radical (unpaired) electrons. The lowest BCUT2D eigenvalue weighted by Crippen LogP contribution is -2.31. The average molecular weight is 303 g/mol. The van der Waals surface area contributed by atoms with Crippen LogP contribution < -0.4 is 11.1 Å². The van der Waals surface area contributed by atoms with E-state index in [1.165, 1.54) is 11.3 Å². The van der Waals surface area contributed by atoms with E-state index < -0.39 is 0 Å². The van der Waals surface area contributed by atoms with Crippen LogP contribution in [-0.4, -0.2) is 23.6 Å². The van der Waals surface area contributed by atoms with Crippen molar-refractivity contribution >= 4 is 28.1 Å². The SMILES string of the molecule is CC1CCOC1C(=O)Nc1nc(-c2cccc(N)c2)cs1. The number of ether oxygens (including phenoxy) is 1. The normalized spacial score (nSPS) is 21.4.